The predicted octanol–water partition coefficient (Wildman–Crippen LogP) is 3.78. The Morgan fingerprint density at radius 1 is 1.15 bits per heavy atom. The Bertz CT molecular complexity index is 744. The van der Waals surface area contributed by atoms with Crippen LogP contribution in [0.1, 0.15) is 5.56 Å². The Balaban J connectivity index is 0.00000338. The number of nitrogens with zero attached hydrogens (tertiary/aromatic N) is 2. The molecule has 1 aromatic heterocycles. The standard InChI is InChI=1S/C15H13F3N4O3.2ClH/c16-15(17,18)22-13(19)21-14(23)24-9-10-3-5-11(6-4-10)25-12-2-1-7-20-8-12;;/h1-8H,9H2,(H3,19,21,22,23);2*1H. The van der Waals surface area contributed by atoms with E-state index in [2.05, 4.69) is 9.98 Å². The third-order valence-electron chi connectivity index (χ3n) is 2.64. The van der Waals surface area contributed by atoms with Crippen molar-refractivity contribution in [2.24, 2.45) is 10.7 Å². The summed E-state index contributed by atoms with van der Waals surface area (Å²) in [6.07, 6.45) is -2.86. The van der Waals surface area contributed by atoms with Crippen molar-refractivity contribution in [1.29, 1.82) is 0 Å². The van der Waals surface area contributed by atoms with Gasteiger partial charge in [0.25, 0.3) is 0 Å². The van der Waals surface area contributed by atoms with Crippen LogP contribution in [0.2, 0.25) is 0 Å². The Morgan fingerprint density at radius 3 is 2.37 bits per heavy atom. The average Bonchev–Trinajstić information content (AvgIpc) is 2.53. The fraction of sp³-hybridized carbons (Fsp3) is 0.133. The summed E-state index contributed by atoms with van der Waals surface area (Å²) < 4.78 is 46.1. The van der Waals surface area contributed by atoms with E-state index in [-0.39, 0.29) is 31.4 Å². The van der Waals surface area contributed by atoms with Crippen molar-refractivity contribution in [3.8, 4) is 11.5 Å². The third kappa shape index (κ3) is 9.52. The zero-order chi connectivity index (χ0) is 18.3. The molecule has 148 valence electrons. The number of nitrogens with two attached hydrogens (primary N) is 1. The molecular weight excluding hydrogens is 412 g/mol. The molecule has 0 aliphatic carbocycles. The van der Waals surface area contributed by atoms with Crippen LogP contribution in [0.3, 0.4) is 0 Å². The zero-order valence-electron chi connectivity index (χ0n) is 13.5. The summed E-state index contributed by atoms with van der Waals surface area (Å²) in [6.45, 7) is -0.168. The molecule has 0 aliphatic heterocycles. The van der Waals surface area contributed by atoms with Gasteiger partial charge in [0.05, 0.1) is 6.20 Å². The lowest BCUT2D eigenvalue weighted by molar-refractivity contribution is -0.119. The van der Waals surface area contributed by atoms with Crippen molar-refractivity contribution in [3.63, 3.8) is 0 Å². The van der Waals surface area contributed by atoms with Crippen molar-refractivity contribution >= 4 is 36.9 Å². The lowest BCUT2D eigenvalue weighted by Gasteiger charge is -2.08. The summed E-state index contributed by atoms with van der Waals surface area (Å²) in [4.78, 5) is 17.4. The van der Waals surface area contributed by atoms with Crippen molar-refractivity contribution in [1.82, 2.24) is 10.3 Å². The van der Waals surface area contributed by atoms with Crippen LogP contribution in [0.25, 0.3) is 0 Å². The third-order valence-corrected chi connectivity index (χ3v) is 2.64. The first kappa shape index (κ1) is 24.3. The van der Waals surface area contributed by atoms with Crippen LogP contribution in [0.4, 0.5) is 18.0 Å². The first-order valence-corrected chi connectivity index (χ1v) is 6.84. The van der Waals surface area contributed by atoms with Gasteiger partial charge in [-0.1, -0.05) is 12.1 Å². The Kier molecular flexibility index (Phi) is 9.97. The normalized spacial score (nSPS) is 10.9. The monoisotopic (exact) mass is 426 g/mol. The lowest BCUT2D eigenvalue weighted by atomic mass is 10.2. The molecule has 0 bridgehead atoms. The van der Waals surface area contributed by atoms with Crippen molar-refractivity contribution < 1.29 is 27.4 Å². The second-order valence-electron chi connectivity index (χ2n) is 4.60. The predicted molar refractivity (Wildman–Crippen MR) is 96.2 cm³/mol. The maximum absolute atomic E-state index is 11.9. The van der Waals surface area contributed by atoms with Crippen molar-refractivity contribution in [2.75, 3.05) is 0 Å². The van der Waals surface area contributed by atoms with Crippen LogP contribution in [-0.4, -0.2) is 23.3 Å². The molecule has 2 aromatic rings. The zero-order valence-corrected chi connectivity index (χ0v) is 15.1. The van der Waals surface area contributed by atoms with E-state index in [0.717, 1.165) is 0 Å². The minimum atomic E-state index is -4.87. The number of aliphatic imine (C=N–C) groups is 1. The van der Waals surface area contributed by atoms with E-state index in [0.29, 0.717) is 17.1 Å². The summed E-state index contributed by atoms with van der Waals surface area (Å²) in [5.74, 6) is 0.00535. The number of carbonyl (C=O) groups is 1. The lowest BCUT2D eigenvalue weighted by Crippen LogP contribution is -2.38. The molecule has 1 heterocycles. The Morgan fingerprint density at radius 2 is 1.81 bits per heavy atom. The highest BCUT2D eigenvalue weighted by Crippen LogP contribution is 2.20. The number of guanidine groups is 1. The number of rotatable bonds is 4. The highest BCUT2D eigenvalue weighted by atomic mass is 35.5. The van der Waals surface area contributed by atoms with Crippen LogP contribution in [0.15, 0.2) is 53.8 Å². The number of carbonyl (C=O) groups excluding carboxylic acids is 1. The van der Waals surface area contributed by atoms with Gasteiger partial charge in [0, 0.05) is 6.20 Å². The molecule has 0 spiro atoms. The first-order chi connectivity index (χ1) is 11.8. The number of hydrogen-bond acceptors (Lipinski definition) is 5. The maximum Gasteiger partial charge on any atom is 0.506 e. The van der Waals surface area contributed by atoms with E-state index < -0.39 is 18.4 Å². The largest absolute Gasteiger partial charge is 0.506 e. The van der Waals surface area contributed by atoms with Crippen LogP contribution >= 0.6 is 24.8 Å². The topological polar surface area (TPSA) is 98.8 Å². The number of pyridine rings is 1. The summed E-state index contributed by atoms with van der Waals surface area (Å²) in [7, 11) is 0. The minimum absolute atomic E-state index is 0. The van der Waals surface area contributed by atoms with E-state index in [1.54, 1.807) is 54.1 Å². The summed E-state index contributed by atoms with van der Waals surface area (Å²) in [6, 6.07) is 10.0. The molecule has 0 aliphatic rings. The number of alkyl carbamates (subject to hydrolysis) is 1. The van der Waals surface area contributed by atoms with Gasteiger partial charge < -0.3 is 15.2 Å². The fourth-order valence-electron chi connectivity index (χ4n) is 1.65. The van der Waals surface area contributed by atoms with Gasteiger partial charge >= 0.3 is 12.4 Å². The molecule has 0 saturated heterocycles. The second-order valence-corrected chi connectivity index (χ2v) is 4.60. The van der Waals surface area contributed by atoms with E-state index in [1.165, 1.54) is 0 Å². The number of benzene rings is 1. The van der Waals surface area contributed by atoms with Gasteiger partial charge in [-0.15, -0.1) is 38.0 Å². The number of ether oxygens (including phenoxy) is 2. The number of aromatic nitrogens is 1. The first-order valence-electron chi connectivity index (χ1n) is 6.84. The van der Waals surface area contributed by atoms with Gasteiger partial charge in [0.1, 0.15) is 18.1 Å². The highest BCUT2D eigenvalue weighted by Gasteiger charge is 2.27. The number of halogens is 5. The van der Waals surface area contributed by atoms with E-state index in [4.69, 9.17) is 15.2 Å². The minimum Gasteiger partial charge on any atom is -0.456 e. The SMILES string of the molecule is Cl.Cl.N/C(=N\C(F)(F)F)NC(=O)OCc1ccc(Oc2cccnc2)cc1. The molecular formula is C15H15Cl2F3N4O3. The molecule has 0 saturated carbocycles. The summed E-state index contributed by atoms with van der Waals surface area (Å²) in [5.41, 5.74) is 5.52. The summed E-state index contributed by atoms with van der Waals surface area (Å²) in [5, 5.41) is 1.67. The van der Waals surface area contributed by atoms with Gasteiger partial charge in [-0.25, -0.2) is 4.79 Å². The maximum atomic E-state index is 11.9. The van der Waals surface area contributed by atoms with Crippen LogP contribution < -0.4 is 15.8 Å². The molecule has 0 atom stereocenters. The molecule has 27 heavy (non-hydrogen) atoms. The summed E-state index contributed by atoms with van der Waals surface area (Å²) >= 11 is 0. The molecule has 0 unspecified atom stereocenters. The van der Waals surface area contributed by atoms with E-state index in [9.17, 15) is 18.0 Å². The van der Waals surface area contributed by atoms with Gasteiger partial charge in [-0.05, 0) is 29.8 Å². The molecule has 0 fully saturated rings. The molecule has 2 rings (SSSR count). The Labute approximate surface area is 164 Å². The van der Waals surface area contributed by atoms with Gasteiger partial charge in [0.2, 0.25) is 5.96 Å². The average molecular weight is 427 g/mol. The second kappa shape index (κ2) is 11.1. The quantitative estimate of drug-likeness (QED) is 0.440. The van der Waals surface area contributed by atoms with Crippen molar-refractivity contribution in [3.05, 3.63) is 54.4 Å². The molecule has 1 amide bonds. The van der Waals surface area contributed by atoms with Gasteiger partial charge in [-0.3, -0.25) is 10.3 Å². The smallest absolute Gasteiger partial charge is 0.456 e. The number of hydrogen-bond donors (Lipinski definition) is 2. The Hall–Kier alpha value is -2.72. The molecule has 7 nitrogen and oxygen atoms in total. The van der Waals surface area contributed by atoms with Gasteiger partial charge in [0.15, 0.2) is 0 Å². The van der Waals surface area contributed by atoms with E-state index >= 15 is 0 Å². The highest BCUT2D eigenvalue weighted by molar-refractivity contribution is 5.92. The number of alkyl halides is 3. The molecule has 0 radical (unpaired) electrons. The van der Waals surface area contributed by atoms with Crippen LogP contribution in [0.5, 0.6) is 11.5 Å². The van der Waals surface area contributed by atoms with Crippen LogP contribution in [0, 0.1) is 0 Å². The van der Waals surface area contributed by atoms with Gasteiger partial charge in [-0.2, -0.15) is 4.99 Å². The van der Waals surface area contributed by atoms with E-state index in [1.807, 2.05) is 0 Å². The molecule has 3 N–H and O–H groups in total. The number of amides is 1. The molecule has 12 heteroatoms. The fourth-order valence-corrected chi connectivity index (χ4v) is 1.65. The number of nitrogens with one attached hydrogen (secondary N) is 1. The van der Waals surface area contributed by atoms with Crippen molar-refractivity contribution in [2.45, 2.75) is 12.9 Å². The van der Waals surface area contributed by atoms with Crippen LogP contribution in [-0.2, 0) is 11.3 Å². The molecule has 1 aromatic carbocycles.